The quantitative estimate of drug-likeness (QED) is 0.662. The maximum atomic E-state index is 11.6. The largest absolute Gasteiger partial charge is 0.383 e. The molecule has 17 heavy (non-hydrogen) atoms. The number of methoxy groups -OCH3 is 1. The predicted octanol–water partition coefficient (Wildman–Crippen LogP) is -0.103. The van der Waals surface area contributed by atoms with E-state index >= 15 is 0 Å². The van der Waals surface area contributed by atoms with Crippen molar-refractivity contribution in [3.63, 3.8) is 0 Å². The molecule has 1 N–H and O–H groups in total. The SMILES string of the molecule is COCCNC(=O)N(C)CCN1CCCC1=O. The lowest BCUT2D eigenvalue weighted by molar-refractivity contribution is -0.127. The van der Waals surface area contributed by atoms with Crippen LogP contribution >= 0.6 is 0 Å². The van der Waals surface area contributed by atoms with Gasteiger partial charge in [0.1, 0.15) is 0 Å². The zero-order valence-corrected chi connectivity index (χ0v) is 10.6. The summed E-state index contributed by atoms with van der Waals surface area (Å²) in [6.45, 7) is 3.00. The Kier molecular flexibility index (Phi) is 5.76. The predicted molar refractivity (Wildman–Crippen MR) is 63.7 cm³/mol. The van der Waals surface area contributed by atoms with Gasteiger partial charge in [-0.2, -0.15) is 0 Å². The molecule has 98 valence electrons. The summed E-state index contributed by atoms with van der Waals surface area (Å²) in [4.78, 5) is 26.3. The average molecular weight is 243 g/mol. The molecule has 1 aliphatic heterocycles. The number of likely N-dealkylation sites (tertiary alicyclic amines) is 1. The van der Waals surface area contributed by atoms with E-state index in [1.165, 1.54) is 0 Å². The van der Waals surface area contributed by atoms with Crippen LogP contribution in [0.1, 0.15) is 12.8 Å². The van der Waals surface area contributed by atoms with E-state index in [4.69, 9.17) is 4.74 Å². The summed E-state index contributed by atoms with van der Waals surface area (Å²) in [6, 6.07) is -0.131. The minimum Gasteiger partial charge on any atom is -0.383 e. The van der Waals surface area contributed by atoms with Gasteiger partial charge in [-0.1, -0.05) is 0 Å². The highest BCUT2D eigenvalue weighted by atomic mass is 16.5. The number of hydrogen-bond acceptors (Lipinski definition) is 3. The molecule has 6 heteroatoms. The summed E-state index contributed by atoms with van der Waals surface area (Å²) in [5, 5.41) is 2.73. The van der Waals surface area contributed by atoms with E-state index in [0.29, 0.717) is 32.7 Å². The zero-order chi connectivity index (χ0) is 12.7. The minimum atomic E-state index is -0.131. The third kappa shape index (κ3) is 4.60. The summed E-state index contributed by atoms with van der Waals surface area (Å²) in [7, 11) is 3.32. The van der Waals surface area contributed by atoms with Crippen LogP contribution in [0.3, 0.4) is 0 Å². The van der Waals surface area contributed by atoms with Gasteiger partial charge in [0, 0.05) is 46.8 Å². The first-order valence-corrected chi connectivity index (χ1v) is 5.91. The summed E-state index contributed by atoms with van der Waals surface area (Å²) in [5.41, 5.74) is 0. The zero-order valence-electron chi connectivity index (χ0n) is 10.6. The van der Waals surface area contributed by atoms with E-state index in [2.05, 4.69) is 5.32 Å². The molecule has 0 aromatic heterocycles. The van der Waals surface area contributed by atoms with Crippen LogP contribution < -0.4 is 5.32 Å². The first kappa shape index (κ1) is 13.8. The van der Waals surface area contributed by atoms with Crippen LogP contribution in [0.15, 0.2) is 0 Å². The van der Waals surface area contributed by atoms with Crippen LogP contribution in [-0.2, 0) is 9.53 Å². The van der Waals surface area contributed by atoms with Gasteiger partial charge in [0.25, 0.3) is 0 Å². The Labute approximate surface area is 102 Å². The first-order valence-electron chi connectivity index (χ1n) is 5.91. The van der Waals surface area contributed by atoms with Gasteiger partial charge < -0.3 is 19.9 Å². The van der Waals surface area contributed by atoms with Gasteiger partial charge in [-0.3, -0.25) is 4.79 Å². The molecule has 0 atom stereocenters. The number of ether oxygens (including phenoxy) is 1. The fourth-order valence-corrected chi connectivity index (χ4v) is 1.71. The number of carbonyl (C=O) groups is 2. The van der Waals surface area contributed by atoms with Crippen molar-refractivity contribution < 1.29 is 14.3 Å². The lowest BCUT2D eigenvalue weighted by atomic mass is 10.4. The van der Waals surface area contributed by atoms with E-state index in [9.17, 15) is 9.59 Å². The Hall–Kier alpha value is -1.30. The van der Waals surface area contributed by atoms with E-state index in [0.717, 1.165) is 13.0 Å². The molecular weight excluding hydrogens is 222 g/mol. The molecule has 1 heterocycles. The topological polar surface area (TPSA) is 61.9 Å². The number of hydrogen-bond donors (Lipinski definition) is 1. The van der Waals surface area contributed by atoms with Crippen molar-refractivity contribution in [1.29, 1.82) is 0 Å². The van der Waals surface area contributed by atoms with Crippen molar-refractivity contribution in [2.24, 2.45) is 0 Å². The van der Waals surface area contributed by atoms with Crippen molar-refractivity contribution >= 4 is 11.9 Å². The molecule has 1 rings (SSSR count). The van der Waals surface area contributed by atoms with Crippen LogP contribution in [0.5, 0.6) is 0 Å². The van der Waals surface area contributed by atoms with Gasteiger partial charge in [0.2, 0.25) is 5.91 Å². The second-order valence-electron chi connectivity index (χ2n) is 4.13. The maximum Gasteiger partial charge on any atom is 0.317 e. The molecule has 0 aromatic rings. The molecule has 0 saturated carbocycles. The number of carbonyl (C=O) groups excluding carboxylic acids is 2. The Balaban J connectivity index is 2.17. The van der Waals surface area contributed by atoms with Gasteiger partial charge in [-0.25, -0.2) is 4.79 Å². The Morgan fingerprint density at radius 2 is 2.35 bits per heavy atom. The van der Waals surface area contributed by atoms with Gasteiger partial charge in [0.05, 0.1) is 6.61 Å². The van der Waals surface area contributed by atoms with Gasteiger partial charge in [0.15, 0.2) is 0 Å². The van der Waals surface area contributed by atoms with E-state index in [1.807, 2.05) is 0 Å². The lowest BCUT2D eigenvalue weighted by Gasteiger charge is -2.22. The van der Waals surface area contributed by atoms with Gasteiger partial charge in [-0.15, -0.1) is 0 Å². The number of amides is 3. The third-order valence-corrected chi connectivity index (χ3v) is 2.81. The molecule has 6 nitrogen and oxygen atoms in total. The van der Waals surface area contributed by atoms with Crippen molar-refractivity contribution in [2.75, 3.05) is 46.9 Å². The molecule has 3 amide bonds. The second-order valence-corrected chi connectivity index (χ2v) is 4.13. The standard InChI is InChI=1S/C11H21N3O3/c1-13(11(16)12-5-9-17-2)7-8-14-6-3-4-10(14)15/h3-9H2,1-2H3,(H,12,16). The fourth-order valence-electron chi connectivity index (χ4n) is 1.71. The number of nitrogens with one attached hydrogen (secondary N) is 1. The number of urea groups is 1. The second kappa shape index (κ2) is 7.11. The molecule has 1 fully saturated rings. The van der Waals surface area contributed by atoms with Crippen LogP contribution in [0.4, 0.5) is 4.79 Å². The minimum absolute atomic E-state index is 0.131. The van der Waals surface area contributed by atoms with Gasteiger partial charge >= 0.3 is 6.03 Å². The molecule has 0 aliphatic carbocycles. The van der Waals surface area contributed by atoms with Crippen LogP contribution in [0.2, 0.25) is 0 Å². The van der Waals surface area contributed by atoms with Crippen molar-refractivity contribution in [2.45, 2.75) is 12.8 Å². The molecule has 0 spiro atoms. The molecule has 1 aliphatic rings. The fraction of sp³-hybridized carbons (Fsp3) is 0.818. The average Bonchev–Trinajstić information content (AvgIpc) is 2.72. The summed E-state index contributed by atoms with van der Waals surface area (Å²) < 4.78 is 4.84. The van der Waals surface area contributed by atoms with E-state index in [1.54, 1.807) is 24.0 Å². The molecule has 0 bridgehead atoms. The maximum absolute atomic E-state index is 11.6. The van der Waals surface area contributed by atoms with E-state index in [-0.39, 0.29) is 11.9 Å². The van der Waals surface area contributed by atoms with Crippen LogP contribution in [-0.4, -0.2) is 68.7 Å². The Bertz CT molecular complexity index is 271. The number of likely N-dealkylation sites (N-methyl/N-ethyl adjacent to an activating group) is 1. The highest BCUT2D eigenvalue weighted by Gasteiger charge is 2.20. The summed E-state index contributed by atoms with van der Waals surface area (Å²) in [5.74, 6) is 0.193. The monoisotopic (exact) mass is 243 g/mol. The highest BCUT2D eigenvalue weighted by molar-refractivity contribution is 5.78. The number of rotatable bonds is 6. The van der Waals surface area contributed by atoms with Crippen LogP contribution in [0.25, 0.3) is 0 Å². The lowest BCUT2D eigenvalue weighted by Crippen LogP contribution is -2.42. The molecule has 1 saturated heterocycles. The summed E-state index contributed by atoms with van der Waals surface area (Å²) >= 11 is 0. The Morgan fingerprint density at radius 1 is 1.59 bits per heavy atom. The Morgan fingerprint density at radius 3 is 2.94 bits per heavy atom. The first-order chi connectivity index (χ1) is 8.15. The third-order valence-electron chi connectivity index (χ3n) is 2.81. The molecule has 0 radical (unpaired) electrons. The van der Waals surface area contributed by atoms with Crippen molar-refractivity contribution in [1.82, 2.24) is 15.1 Å². The molecule has 0 unspecified atom stereocenters. The van der Waals surface area contributed by atoms with Crippen LogP contribution in [0, 0.1) is 0 Å². The van der Waals surface area contributed by atoms with E-state index < -0.39 is 0 Å². The smallest absolute Gasteiger partial charge is 0.317 e. The highest BCUT2D eigenvalue weighted by Crippen LogP contribution is 2.08. The van der Waals surface area contributed by atoms with Crippen molar-refractivity contribution in [3.8, 4) is 0 Å². The normalized spacial score (nSPS) is 15.2. The number of nitrogens with zero attached hydrogens (tertiary/aromatic N) is 2. The summed E-state index contributed by atoms with van der Waals surface area (Å²) in [6.07, 6.45) is 1.58. The molecule has 0 aromatic carbocycles. The molecular formula is C11H21N3O3. The van der Waals surface area contributed by atoms with Crippen molar-refractivity contribution in [3.05, 3.63) is 0 Å². The van der Waals surface area contributed by atoms with Gasteiger partial charge in [-0.05, 0) is 6.42 Å².